The molecule has 0 saturated carbocycles. The van der Waals surface area contributed by atoms with Gasteiger partial charge in [-0.3, -0.25) is 9.48 Å². The molecule has 2 N–H and O–H groups in total. The Labute approximate surface area is 138 Å². The minimum atomic E-state index is -5.74. The van der Waals surface area contributed by atoms with Crippen LogP contribution in [0.5, 0.6) is 0 Å². The van der Waals surface area contributed by atoms with Crippen LogP contribution in [0.4, 0.5) is 36.4 Å². The minimum absolute atomic E-state index is 0.723. The van der Waals surface area contributed by atoms with E-state index >= 15 is 0 Å². The van der Waals surface area contributed by atoms with E-state index in [0.717, 1.165) is 10.9 Å². The normalized spacial score (nSPS) is 11.5. The van der Waals surface area contributed by atoms with Gasteiger partial charge < -0.3 is 10.4 Å². The summed E-state index contributed by atoms with van der Waals surface area (Å²) in [5.74, 6) is -13.8. The Morgan fingerprint density at radius 3 is 2.00 bits per heavy atom. The average molecular weight is 385 g/mol. The van der Waals surface area contributed by atoms with Gasteiger partial charge in [0, 0.05) is 13.2 Å². The average Bonchev–Trinajstić information content (AvgIpc) is 2.90. The number of carboxylic acids is 1. The molecule has 13 heteroatoms. The van der Waals surface area contributed by atoms with Crippen LogP contribution in [0.1, 0.15) is 26.4 Å². The Morgan fingerprint density at radius 1 is 1.08 bits per heavy atom. The van der Waals surface area contributed by atoms with Gasteiger partial charge in [0.25, 0.3) is 5.91 Å². The topological polar surface area (TPSA) is 84.2 Å². The highest BCUT2D eigenvalue weighted by atomic mass is 19.4. The third-order valence-corrected chi connectivity index (χ3v) is 3.06. The summed E-state index contributed by atoms with van der Waals surface area (Å²) in [5, 5.41) is 13.6. The lowest BCUT2D eigenvalue weighted by molar-refractivity contribution is -0.143. The molecule has 0 aliphatic carbocycles. The number of benzene rings is 1. The van der Waals surface area contributed by atoms with E-state index < -0.39 is 63.8 Å². The van der Waals surface area contributed by atoms with Crippen LogP contribution in [0, 0.1) is 23.3 Å². The maximum absolute atomic E-state index is 13.7. The van der Waals surface area contributed by atoms with Gasteiger partial charge in [-0.2, -0.15) is 18.3 Å². The molecule has 140 valence electrons. The Balaban J connectivity index is 2.55. The second-order valence-electron chi connectivity index (χ2n) is 4.83. The summed E-state index contributed by atoms with van der Waals surface area (Å²) in [6.45, 7) is 0. The van der Waals surface area contributed by atoms with Crippen LogP contribution in [0.15, 0.2) is 6.20 Å². The lowest BCUT2D eigenvalue weighted by Gasteiger charge is -2.14. The number of amides is 1. The highest BCUT2D eigenvalue weighted by Crippen LogP contribution is 2.38. The number of hydrogen-bond donors (Lipinski definition) is 2. The largest absolute Gasteiger partial charge is 0.478 e. The second kappa shape index (κ2) is 6.31. The first kappa shape index (κ1) is 19.2. The molecule has 26 heavy (non-hydrogen) atoms. The van der Waals surface area contributed by atoms with E-state index in [1.807, 2.05) is 0 Å². The molecule has 0 aliphatic rings. The zero-order chi connectivity index (χ0) is 20.0. The Morgan fingerprint density at radius 2 is 1.58 bits per heavy atom. The van der Waals surface area contributed by atoms with E-state index in [9.17, 15) is 40.3 Å². The molecule has 0 radical (unpaired) electrons. The molecule has 0 bridgehead atoms. The molecule has 1 amide bonds. The van der Waals surface area contributed by atoms with Crippen LogP contribution in [0.2, 0.25) is 0 Å². The molecule has 1 aromatic carbocycles. The quantitative estimate of drug-likeness (QED) is 0.629. The standard InChI is InChI=1S/C13H6F7N3O3/c1-23-2-3(12(25)26)9(22-23)11(24)21-10-7(16)5(14)4(13(18,19)20)6(15)8(10)17/h2H,1H3,(H,21,24)(H,25,26). The van der Waals surface area contributed by atoms with E-state index in [0.29, 0.717) is 0 Å². The van der Waals surface area contributed by atoms with E-state index in [-0.39, 0.29) is 0 Å². The van der Waals surface area contributed by atoms with E-state index in [4.69, 9.17) is 5.11 Å². The van der Waals surface area contributed by atoms with Gasteiger partial charge in [-0.05, 0) is 0 Å². The first-order valence-corrected chi connectivity index (χ1v) is 6.37. The van der Waals surface area contributed by atoms with Gasteiger partial charge in [0.2, 0.25) is 0 Å². The lowest BCUT2D eigenvalue weighted by atomic mass is 10.1. The van der Waals surface area contributed by atoms with Crippen molar-refractivity contribution in [3.05, 3.63) is 46.3 Å². The number of hydrogen-bond acceptors (Lipinski definition) is 3. The number of carbonyl (C=O) groups excluding carboxylic acids is 1. The lowest BCUT2D eigenvalue weighted by Crippen LogP contribution is -2.21. The maximum Gasteiger partial charge on any atom is 0.422 e. The molecule has 0 fully saturated rings. The highest BCUT2D eigenvalue weighted by Gasteiger charge is 2.42. The van der Waals surface area contributed by atoms with Crippen molar-refractivity contribution in [1.82, 2.24) is 9.78 Å². The molecule has 0 spiro atoms. The van der Waals surface area contributed by atoms with Crippen molar-refractivity contribution in [3.8, 4) is 0 Å². The summed E-state index contributed by atoms with van der Waals surface area (Å²) in [6, 6.07) is 0. The van der Waals surface area contributed by atoms with Gasteiger partial charge in [-0.1, -0.05) is 0 Å². The van der Waals surface area contributed by atoms with E-state index in [1.165, 1.54) is 12.4 Å². The molecule has 2 rings (SSSR count). The van der Waals surface area contributed by atoms with Crippen LogP contribution >= 0.6 is 0 Å². The van der Waals surface area contributed by atoms with Crippen LogP contribution in [0.25, 0.3) is 0 Å². The molecule has 0 saturated heterocycles. The molecule has 2 aromatic rings. The second-order valence-corrected chi connectivity index (χ2v) is 4.83. The van der Waals surface area contributed by atoms with Gasteiger partial charge in [-0.25, -0.2) is 22.4 Å². The number of carbonyl (C=O) groups is 2. The number of carboxylic acid groups (broad SMARTS) is 1. The fraction of sp³-hybridized carbons (Fsp3) is 0.154. The van der Waals surface area contributed by atoms with Crippen LogP contribution in [0.3, 0.4) is 0 Å². The minimum Gasteiger partial charge on any atom is -0.478 e. The van der Waals surface area contributed by atoms with Crippen molar-refractivity contribution in [2.45, 2.75) is 6.18 Å². The van der Waals surface area contributed by atoms with Crippen LogP contribution < -0.4 is 5.32 Å². The van der Waals surface area contributed by atoms with Gasteiger partial charge in [0.05, 0.1) is 0 Å². The molecule has 0 aliphatic heterocycles. The van der Waals surface area contributed by atoms with Crippen LogP contribution in [-0.2, 0) is 13.2 Å². The van der Waals surface area contributed by atoms with Crippen LogP contribution in [-0.4, -0.2) is 26.8 Å². The number of nitrogens with zero attached hydrogens (tertiary/aromatic N) is 2. The molecular weight excluding hydrogens is 379 g/mol. The maximum atomic E-state index is 13.7. The molecule has 0 unspecified atom stereocenters. The van der Waals surface area contributed by atoms with Crippen molar-refractivity contribution in [3.63, 3.8) is 0 Å². The van der Waals surface area contributed by atoms with Gasteiger partial charge in [-0.15, -0.1) is 0 Å². The number of aromatic carboxylic acids is 1. The Bertz CT molecular complexity index is 892. The zero-order valence-corrected chi connectivity index (χ0v) is 12.4. The summed E-state index contributed by atoms with van der Waals surface area (Å²) >= 11 is 0. The van der Waals surface area contributed by atoms with Crippen molar-refractivity contribution in [2.75, 3.05) is 5.32 Å². The number of aryl methyl sites for hydroxylation is 1. The number of nitrogens with one attached hydrogen (secondary N) is 1. The van der Waals surface area contributed by atoms with E-state index in [2.05, 4.69) is 5.10 Å². The van der Waals surface area contributed by atoms with Crippen molar-refractivity contribution in [2.24, 2.45) is 7.05 Å². The molecule has 6 nitrogen and oxygen atoms in total. The Hall–Kier alpha value is -3.12. The Kier molecular flexibility index (Phi) is 4.66. The van der Waals surface area contributed by atoms with Crippen molar-refractivity contribution >= 4 is 17.6 Å². The smallest absolute Gasteiger partial charge is 0.422 e. The highest BCUT2D eigenvalue weighted by molar-refractivity contribution is 6.09. The van der Waals surface area contributed by atoms with Gasteiger partial charge in [0.1, 0.15) is 16.8 Å². The third kappa shape index (κ3) is 3.19. The van der Waals surface area contributed by atoms with Crippen molar-refractivity contribution < 1.29 is 45.4 Å². The van der Waals surface area contributed by atoms with Crippen molar-refractivity contribution in [1.29, 1.82) is 0 Å². The summed E-state index contributed by atoms with van der Waals surface area (Å²) in [7, 11) is 1.20. The molecule has 0 atom stereocenters. The number of aromatic nitrogens is 2. The number of halogens is 7. The van der Waals surface area contributed by atoms with E-state index in [1.54, 1.807) is 0 Å². The first-order chi connectivity index (χ1) is 11.9. The fourth-order valence-electron chi connectivity index (χ4n) is 1.98. The SMILES string of the molecule is Cn1cc(C(=O)O)c(C(=O)Nc2c(F)c(F)c(C(F)(F)F)c(F)c2F)n1. The zero-order valence-electron chi connectivity index (χ0n) is 12.4. The predicted molar refractivity (Wildman–Crippen MR) is 69.4 cm³/mol. The number of anilines is 1. The molecule has 1 aromatic heterocycles. The fourth-order valence-corrected chi connectivity index (χ4v) is 1.98. The first-order valence-electron chi connectivity index (χ1n) is 6.37. The third-order valence-electron chi connectivity index (χ3n) is 3.06. The summed E-state index contributed by atoms with van der Waals surface area (Å²) < 4.78 is 92.8. The number of alkyl halides is 3. The molecule has 1 heterocycles. The summed E-state index contributed by atoms with van der Waals surface area (Å²) in [4.78, 5) is 22.9. The van der Waals surface area contributed by atoms with Gasteiger partial charge >= 0.3 is 12.1 Å². The molecular formula is C13H6F7N3O3. The summed E-state index contributed by atoms with van der Waals surface area (Å²) in [5.41, 5.74) is -6.28. The number of rotatable bonds is 3. The monoisotopic (exact) mass is 385 g/mol. The summed E-state index contributed by atoms with van der Waals surface area (Å²) in [6.07, 6.45) is -4.90. The van der Waals surface area contributed by atoms with Gasteiger partial charge in [0.15, 0.2) is 29.0 Å². The predicted octanol–water partition coefficient (Wildman–Crippen LogP) is 2.95.